The van der Waals surface area contributed by atoms with Crippen LogP contribution in [0, 0.1) is 0 Å². The van der Waals surface area contributed by atoms with Gasteiger partial charge in [-0.1, -0.05) is 167 Å². The first kappa shape index (κ1) is 34.4. The highest BCUT2D eigenvalue weighted by atomic mass is 35.5. The van der Waals surface area contributed by atoms with Gasteiger partial charge in [0.05, 0.1) is 0 Å². The normalized spacial score (nSPS) is 11.2. The Labute approximate surface area is 211 Å². The highest BCUT2D eigenvalue weighted by Crippen LogP contribution is 2.15. The standard InChI is InChI=1S/C30H63N.ClH/c1-4-5-6-7-8-9-10-11-12-13-14-15-16-17-18-19-20-21-22-23-24-25-26-27-28-29-30-31(2)3;/h4-30H2,1-3H3;1H. The van der Waals surface area contributed by atoms with E-state index in [0.717, 1.165) is 0 Å². The minimum atomic E-state index is 0. The molecule has 0 saturated heterocycles. The van der Waals surface area contributed by atoms with Crippen LogP contribution in [0.15, 0.2) is 0 Å². The highest BCUT2D eigenvalue weighted by Gasteiger charge is 1.96. The minimum Gasteiger partial charge on any atom is -0.309 e. The van der Waals surface area contributed by atoms with Gasteiger partial charge >= 0.3 is 0 Å². The number of halogens is 1. The summed E-state index contributed by atoms with van der Waals surface area (Å²) >= 11 is 0. The van der Waals surface area contributed by atoms with Crippen molar-refractivity contribution in [3.63, 3.8) is 0 Å². The number of hydrogen-bond donors (Lipinski definition) is 0. The number of rotatable bonds is 27. The predicted octanol–water partition coefficient (Wildman–Crippen LogP) is 11.1. The van der Waals surface area contributed by atoms with Gasteiger partial charge in [-0.3, -0.25) is 0 Å². The first-order valence-corrected chi connectivity index (χ1v) is 14.9. The van der Waals surface area contributed by atoms with Crippen LogP contribution < -0.4 is 0 Å². The number of nitrogens with zero attached hydrogens (tertiary/aromatic N) is 1. The lowest BCUT2D eigenvalue weighted by Crippen LogP contribution is -2.12. The average molecular weight is 474 g/mol. The Balaban J connectivity index is 0. The summed E-state index contributed by atoms with van der Waals surface area (Å²) < 4.78 is 0. The fourth-order valence-corrected chi connectivity index (χ4v) is 4.74. The number of hydrogen-bond acceptors (Lipinski definition) is 1. The quantitative estimate of drug-likeness (QED) is 0.107. The van der Waals surface area contributed by atoms with Crippen molar-refractivity contribution in [2.45, 2.75) is 174 Å². The van der Waals surface area contributed by atoms with Gasteiger partial charge in [0.2, 0.25) is 0 Å². The zero-order valence-electron chi connectivity index (χ0n) is 22.9. The van der Waals surface area contributed by atoms with Crippen LogP contribution in [0.5, 0.6) is 0 Å². The van der Waals surface area contributed by atoms with E-state index >= 15 is 0 Å². The van der Waals surface area contributed by atoms with Crippen LogP contribution in [0.1, 0.15) is 174 Å². The Morgan fingerprint density at radius 1 is 0.312 bits per heavy atom. The van der Waals surface area contributed by atoms with Crippen LogP contribution in [0.4, 0.5) is 0 Å². The molecule has 0 amide bonds. The predicted molar refractivity (Wildman–Crippen MR) is 152 cm³/mol. The molecule has 0 aromatic rings. The van der Waals surface area contributed by atoms with E-state index in [2.05, 4.69) is 25.9 Å². The first-order chi connectivity index (χ1) is 15.3. The number of unbranched alkanes of at least 4 members (excludes halogenated alkanes) is 25. The van der Waals surface area contributed by atoms with E-state index in [0.29, 0.717) is 0 Å². The Morgan fingerprint density at radius 2 is 0.500 bits per heavy atom. The molecule has 0 aromatic heterocycles. The van der Waals surface area contributed by atoms with Crippen LogP contribution in [-0.2, 0) is 0 Å². The molecule has 0 aromatic carbocycles. The van der Waals surface area contributed by atoms with Crippen molar-refractivity contribution in [1.29, 1.82) is 0 Å². The fraction of sp³-hybridized carbons (Fsp3) is 1.00. The van der Waals surface area contributed by atoms with Crippen molar-refractivity contribution in [1.82, 2.24) is 4.90 Å². The van der Waals surface area contributed by atoms with Gasteiger partial charge in [-0.25, -0.2) is 0 Å². The summed E-state index contributed by atoms with van der Waals surface area (Å²) in [6, 6.07) is 0. The molecule has 2 heteroatoms. The van der Waals surface area contributed by atoms with Gasteiger partial charge in [-0.05, 0) is 27.1 Å². The second-order valence-electron chi connectivity index (χ2n) is 10.6. The molecule has 0 spiro atoms. The summed E-state index contributed by atoms with van der Waals surface area (Å²) in [5.41, 5.74) is 0. The van der Waals surface area contributed by atoms with Crippen LogP contribution >= 0.6 is 12.4 Å². The minimum absolute atomic E-state index is 0. The van der Waals surface area contributed by atoms with Crippen molar-refractivity contribution < 1.29 is 0 Å². The Bertz CT molecular complexity index is 305. The van der Waals surface area contributed by atoms with E-state index < -0.39 is 0 Å². The van der Waals surface area contributed by atoms with Gasteiger partial charge in [0, 0.05) is 0 Å². The largest absolute Gasteiger partial charge is 0.309 e. The van der Waals surface area contributed by atoms with Crippen molar-refractivity contribution in [2.24, 2.45) is 0 Å². The lowest BCUT2D eigenvalue weighted by molar-refractivity contribution is 0.389. The Hall–Kier alpha value is 0.250. The molecule has 0 bridgehead atoms. The maximum absolute atomic E-state index is 2.30. The molecule has 0 aliphatic carbocycles. The second-order valence-corrected chi connectivity index (χ2v) is 10.6. The monoisotopic (exact) mass is 473 g/mol. The zero-order chi connectivity index (χ0) is 22.7. The van der Waals surface area contributed by atoms with E-state index in [1.807, 2.05) is 0 Å². The fourth-order valence-electron chi connectivity index (χ4n) is 4.74. The van der Waals surface area contributed by atoms with Crippen LogP contribution in [0.2, 0.25) is 0 Å². The zero-order valence-corrected chi connectivity index (χ0v) is 23.8. The molecule has 0 unspecified atom stereocenters. The molecule has 0 fully saturated rings. The lowest BCUT2D eigenvalue weighted by Gasteiger charge is -2.08. The van der Waals surface area contributed by atoms with Gasteiger partial charge in [0.15, 0.2) is 0 Å². The van der Waals surface area contributed by atoms with Crippen molar-refractivity contribution >= 4 is 12.4 Å². The molecule has 196 valence electrons. The van der Waals surface area contributed by atoms with Gasteiger partial charge in [-0.2, -0.15) is 0 Å². The highest BCUT2D eigenvalue weighted by molar-refractivity contribution is 5.85. The average Bonchev–Trinajstić information content (AvgIpc) is 2.76. The van der Waals surface area contributed by atoms with E-state index in [9.17, 15) is 0 Å². The van der Waals surface area contributed by atoms with Gasteiger partial charge < -0.3 is 4.90 Å². The molecule has 0 radical (unpaired) electrons. The third kappa shape index (κ3) is 32.4. The third-order valence-corrected chi connectivity index (χ3v) is 6.96. The summed E-state index contributed by atoms with van der Waals surface area (Å²) in [4.78, 5) is 2.30. The van der Waals surface area contributed by atoms with E-state index in [1.54, 1.807) is 0 Å². The smallest absolute Gasteiger partial charge is 0.00248 e. The molecule has 1 nitrogen and oxygen atoms in total. The van der Waals surface area contributed by atoms with Gasteiger partial charge in [0.25, 0.3) is 0 Å². The lowest BCUT2D eigenvalue weighted by atomic mass is 10.0. The van der Waals surface area contributed by atoms with Gasteiger partial charge in [-0.15, -0.1) is 12.4 Å². The Kier molecular flexibility index (Phi) is 33.6. The summed E-state index contributed by atoms with van der Waals surface area (Å²) in [5, 5.41) is 0. The molecule has 0 aliphatic rings. The summed E-state index contributed by atoms with van der Waals surface area (Å²) in [6.07, 6.45) is 38.3. The molecule has 0 atom stereocenters. The molecule has 0 heterocycles. The van der Waals surface area contributed by atoms with Crippen LogP contribution in [0.25, 0.3) is 0 Å². The summed E-state index contributed by atoms with van der Waals surface area (Å²) in [5.74, 6) is 0. The Morgan fingerprint density at radius 3 is 0.688 bits per heavy atom. The molecule has 0 aliphatic heterocycles. The van der Waals surface area contributed by atoms with E-state index in [-0.39, 0.29) is 12.4 Å². The van der Waals surface area contributed by atoms with E-state index in [4.69, 9.17) is 0 Å². The van der Waals surface area contributed by atoms with Gasteiger partial charge in [0.1, 0.15) is 0 Å². The maximum atomic E-state index is 2.30. The molecule has 32 heavy (non-hydrogen) atoms. The first-order valence-electron chi connectivity index (χ1n) is 14.9. The molecular weight excluding hydrogens is 410 g/mol. The van der Waals surface area contributed by atoms with Crippen molar-refractivity contribution in [2.75, 3.05) is 20.6 Å². The summed E-state index contributed by atoms with van der Waals surface area (Å²) in [7, 11) is 4.36. The van der Waals surface area contributed by atoms with E-state index in [1.165, 1.54) is 173 Å². The van der Waals surface area contributed by atoms with Crippen LogP contribution in [-0.4, -0.2) is 25.5 Å². The van der Waals surface area contributed by atoms with Crippen molar-refractivity contribution in [3.05, 3.63) is 0 Å². The molecule has 0 rings (SSSR count). The SMILES string of the molecule is CCCCCCCCCCCCCCCCCCCCCCCCCCCCN(C)C.Cl. The molecular formula is C30H64ClN. The maximum Gasteiger partial charge on any atom is -0.00248 e. The second kappa shape index (κ2) is 31.2. The molecule has 0 N–H and O–H groups in total. The molecule has 0 saturated carbocycles. The van der Waals surface area contributed by atoms with Crippen molar-refractivity contribution in [3.8, 4) is 0 Å². The topological polar surface area (TPSA) is 3.24 Å². The third-order valence-electron chi connectivity index (χ3n) is 6.96. The summed E-state index contributed by atoms with van der Waals surface area (Å²) in [6.45, 7) is 3.57. The van der Waals surface area contributed by atoms with Crippen LogP contribution in [0.3, 0.4) is 0 Å².